The van der Waals surface area contributed by atoms with E-state index < -0.39 is 23.8 Å². The van der Waals surface area contributed by atoms with Crippen LogP contribution in [0.2, 0.25) is 0 Å². The van der Waals surface area contributed by atoms with Gasteiger partial charge in [-0.25, -0.2) is 4.79 Å². The molecule has 2 aromatic rings. The van der Waals surface area contributed by atoms with Gasteiger partial charge in [0.2, 0.25) is 0 Å². The van der Waals surface area contributed by atoms with Gasteiger partial charge in [-0.15, -0.1) is 0 Å². The molecule has 5 heteroatoms. The van der Waals surface area contributed by atoms with Gasteiger partial charge in [-0.2, -0.15) is 0 Å². The molecule has 2 bridgehead atoms. The second-order valence-corrected chi connectivity index (χ2v) is 6.57. The van der Waals surface area contributed by atoms with Gasteiger partial charge in [-0.3, -0.25) is 0 Å². The van der Waals surface area contributed by atoms with Crippen LogP contribution in [0.15, 0.2) is 60.7 Å². The maximum Gasteiger partial charge on any atom is 0.338 e. The predicted molar refractivity (Wildman–Crippen MR) is 90.2 cm³/mol. The summed E-state index contributed by atoms with van der Waals surface area (Å²) in [4.78, 5) is 12.2. The Morgan fingerprint density at radius 3 is 2.52 bits per heavy atom. The fourth-order valence-corrected chi connectivity index (χ4v) is 3.51. The molecule has 2 fully saturated rings. The van der Waals surface area contributed by atoms with Gasteiger partial charge in [0.1, 0.15) is 18.8 Å². The molecule has 1 N–H and O–H groups in total. The van der Waals surface area contributed by atoms with Crippen LogP contribution in [0.4, 0.5) is 0 Å². The number of esters is 1. The minimum absolute atomic E-state index is 0.0241. The van der Waals surface area contributed by atoms with E-state index in [0.717, 1.165) is 5.56 Å². The first-order valence-corrected chi connectivity index (χ1v) is 8.41. The molecule has 0 aromatic heterocycles. The Labute approximate surface area is 146 Å². The molecule has 0 amide bonds. The van der Waals surface area contributed by atoms with Crippen LogP contribution in [0.5, 0.6) is 0 Å². The molecule has 4 rings (SSSR count). The number of aliphatic hydroxyl groups is 1. The topological polar surface area (TPSA) is 65.0 Å². The summed E-state index contributed by atoms with van der Waals surface area (Å²) in [6.45, 7) is 0.204. The monoisotopic (exact) mass is 340 g/mol. The molecule has 130 valence electrons. The van der Waals surface area contributed by atoms with Crippen LogP contribution in [-0.2, 0) is 20.6 Å². The number of hydrogen-bond donors (Lipinski definition) is 1. The van der Waals surface area contributed by atoms with Gasteiger partial charge in [-0.05, 0) is 17.7 Å². The Hall–Kier alpha value is -2.21. The third-order valence-electron chi connectivity index (χ3n) is 4.86. The van der Waals surface area contributed by atoms with E-state index in [9.17, 15) is 9.90 Å². The number of hydrogen-bond acceptors (Lipinski definition) is 5. The summed E-state index contributed by atoms with van der Waals surface area (Å²) < 4.78 is 17.2. The van der Waals surface area contributed by atoms with Crippen LogP contribution in [-0.4, -0.2) is 48.2 Å². The first-order chi connectivity index (χ1) is 12.2. The van der Waals surface area contributed by atoms with E-state index in [4.69, 9.17) is 14.2 Å². The zero-order chi connectivity index (χ0) is 17.3. The van der Waals surface area contributed by atoms with Crippen LogP contribution < -0.4 is 0 Å². The lowest BCUT2D eigenvalue weighted by Gasteiger charge is -2.30. The Morgan fingerprint density at radius 1 is 1.12 bits per heavy atom. The number of carbonyl (C=O) groups is 1. The quantitative estimate of drug-likeness (QED) is 0.843. The highest BCUT2D eigenvalue weighted by atomic mass is 16.7. The van der Waals surface area contributed by atoms with E-state index in [-0.39, 0.29) is 19.3 Å². The maximum atomic E-state index is 12.2. The van der Waals surface area contributed by atoms with Gasteiger partial charge >= 0.3 is 5.97 Å². The average molecular weight is 340 g/mol. The summed E-state index contributed by atoms with van der Waals surface area (Å²) in [5, 5.41) is 10.6. The van der Waals surface area contributed by atoms with Crippen molar-refractivity contribution in [2.75, 3.05) is 13.2 Å². The lowest BCUT2D eigenvalue weighted by atomic mass is 9.98. The molecule has 2 aliphatic heterocycles. The predicted octanol–water partition coefficient (Wildman–Crippen LogP) is 1.98. The molecule has 0 saturated carbocycles. The molecule has 2 aromatic carbocycles. The molecule has 4 atom stereocenters. The van der Waals surface area contributed by atoms with Crippen LogP contribution in [0.3, 0.4) is 0 Å². The molecular formula is C20H20O5. The average Bonchev–Trinajstić information content (AvgIpc) is 3.11. The zero-order valence-corrected chi connectivity index (χ0v) is 13.7. The number of ether oxygens (including phenoxy) is 3. The van der Waals surface area contributed by atoms with Crippen molar-refractivity contribution in [3.63, 3.8) is 0 Å². The van der Waals surface area contributed by atoms with Crippen LogP contribution in [0.25, 0.3) is 0 Å². The normalized spacial score (nSPS) is 30.4. The standard InChI is InChI=1S/C20H20O5/c21-18-17-16(11-14-7-3-1-4-8-14)25-20(18,12-23-17)13-24-19(22)15-9-5-2-6-10-15/h1-10,16-18,21H,11-13H2/t16-,17+,18?,20+/m0/s1. The third-order valence-corrected chi connectivity index (χ3v) is 4.86. The number of rotatable bonds is 5. The Morgan fingerprint density at radius 2 is 1.80 bits per heavy atom. The maximum absolute atomic E-state index is 12.2. The summed E-state index contributed by atoms with van der Waals surface area (Å²) in [7, 11) is 0. The van der Waals surface area contributed by atoms with E-state index in [1.807, 2.05) is 36.4 Å². The van der Waals surface area contributed by atoms with Crippen molar-refractivity contribution in [3.05, 3.63) is 71.8 Å². The molecule has 2 heterocycles. The molecule has 2 saturated heterocycles. The molecule has 5 nitrogen and oxygen atoms in total. The second kappa shape index (κ2) is 6.59. The van der Waals surface area contributed by atoms with Crippen molar-refractivity contribution in [2.45, 2.75) is 30.3 Å². The Kier molecular flexibility index (Phi) is 4.29. The fraction of sp³-hybridized carbons (Fsp3) is 0.350. The van der Waals surface area contributed by atoms with Gasteiger partial charge < -0.3 is 19.3 Å². The lowest BCUT2D eigenvalue weighted by molar-refractivity contribution is -0.161. The summed E-state index contributed by atoms with van der Waals surface area (Å²) >= 11 is 0. The first kappa shape index (κ1) is 16.3. The molecular weight excluding hydrogens is 320 g/mol. The van der Waals surface area contributed by atoms with E-state index in [2.05, 4.69) is 0 Å². The van der Waals surface area contributed by atoms with Crippen molar-refractivity contribution in [3.8, 4) is 0 Å². The van der Waals surface area contributed by atoms with Crippen molar-refractivity contribution < 1.29 is 24.1 Å². The van der Waals surface area contributed by atoms with Gasteiger partial charge in [0.15, 0.2) is 5.60 Å². The number of fused-ring (bicyclic) bond motifs is 2. The Balaban J connectivity index is 1.42. The molecule has 2 aliphatic rings. The molecule has 0 radical (unpaired) electrons. The highest BCUT2D eigenvalue weighted by Crippen LogP contribution is 2.41. The van der Waals surface area contributed by atoms with Gasteiger partial charge in [-0.1, -0.05) is 48.5 Å². The zero-order valence-electron chi connectivity index (χ0n) is 13.7. The lowest BCUT2D eigenvalue weighted by Crippen LogP contribution is -2.46. The molecule has 0 spiro atoms. The smallest absolute Gasteiger partial charge is 0.338 e. The van der Waals surface area contributed by atoms with Crippen LogP contribution in [0, 0.1) is 0 Å². The molecule has 1 unspecified atom stereocenters. The van der Waals surface area contributed by atoms with Crippen molar-refractivity contribution >= 4 is 5.97 Å². The summed E-state index contributed by atoms with van der Waals surface area (Å²) in [5.41, 5.74) is 0.615. The van der Waals surface area contributed by atoms with Crippen molar-refractivity contribution in [1.82, 2.24) is 0 Å². The van der Waals surface area contributed by atoms with E-state index in [0.29, 0.717) is 12.0 Å². The van der Waals surface area contributed by atoms with Crippen molar-refractivity contribution in [1.29, 1.82) is 0 Å². The third kappa shape index (κ3) is 3.06. The highest BCUT2D eigenvalue weighted by molar-refractivity contribution is 5.89. The molecule has 25 heavy (non-hydrogen) atoms. The highest BCUT2D eigenvalue weighted by Gasteiger charge is 2.61. The number of benzene rings is 2. The largest absolute Gasteiger partial charge is 0.459 e. The SMILES string of the molecule is O=C(OC[C@]12CO[C@@H](C1O)[C@H](Cc1ccccc1)O2)c1ccccc1. The molecule has 0 aliphatic carbocycles. The van der Waals surface area contributed by atoms with E-state index in [1.165, 1.54) is 0 Å². The van der Waals surface area contributed by atoms with Crippen LogP contribution >= 0.6 is 0 Å². The minimum atomic E-state index is -0.978. The Bertz CT molecular complexity index is 732. The van der Waals surface area contributed by atoms with Crippen molar-refractivity contribution in [2.24, 2.45) is 0 Å². The van der Waals surface area contributed by atoms with Gasteiger partial charge in [0, 0.05) is 6.42 Å². The second-order valence-electron chi connectivity index (χ2n) is 6.57. The fourth-order valence-electron chi connectivity index (χ4n) is 3.51. The van der Waals surface area contributed by atoms with E-state index >= 15 is 0 Å². The van der Waals surface area contributed by atoms with Gasteiger partial charge in [0.25, 0.3) is 0 Å². The number of carbonyl (C=O) groups excluding carboxylic acids is 1. The number of aliphatic hydroxyl groups excluding tert-OH is 1. The minimum Gasteiger partial charge on any atom is -0.459 e. The summed E-state index contributed by atoms with van der Waals surface area (Å²) in [5.74, 6) is -0.430. The van der Waals surface area contributed by atoms with Crippen LogP contribution in [0.1, 0.15) is 15.9 Å². The van der Waals surface area contributed by atoms with E-state index in [1.54, 1.807) is 24.3 Å². The summed E-state index contributed by atoms with van der Waals surface area (Å²) in [6.07, 6.45) is -0.793. The summed E-state index contributed by atoms with van der Waals surface area (Å²) in [6, 6.07) is 18.7. The first-order valence-electron chi connectivity index (χ1n) is 8.41. The van der Waals surface area contributed by atoms with Gasteiger partial charge in [0.05, 0.1) is 18.3 Å².